The second-order valence-electron chi connectivity index (χ2n) is 4.84. The maximum Gasteiger partial charge on any atom is 0.158 e. The van der Waals surface area contributed by atoms with E-state index in [4.69, 9.17) is 11.6 Å². The lowest BCUT2D eigenvalue weighted by Crippen LogP contribution is -2.04. The van der Waals surface area contributed by atoms with Gasteiger partial charge in [-0.15, -0.1) is 16.9 Å². The molecule has 21 heavy (non-hydrogen) atoms. The molecule has 3 aromatic rings. The lowest BCUT2D eigenvalue weighted by molar-refractivity contribution is 0.748. The fourth-order valence-electron chi connectivity index (χ4n) is 2.48. The molecule has 2 heterocycles. The third-order valence-corrected chi connectivity index (χ3v) is 5.08. The summed E-state index contributed by atoms with van der Waals surface area (Å²) in [5.74, 6) is 0.882. The van der Waals surface area contributed by atoms with Gasteiger partial charge in [0.25, 0.3) is 0 Å². The molecule has 1 aromatic heterocycles. The van der Waals surface area contributed by atoms with Crippen molar-refractivity contribution in [1.82, 2.24) is 20.2 Å². The number of fused-ring (bicyclic) bond motifs is 3. The van der Waals surface area contributed by atoms with Crippen molar-refractivity contribution in [3.05, 3.63) is 64.9 Å². The largest absolute Gasteiger partial charge is 0.196 e. The van der Waals surface area contributed by atoms with Crippen LogP contribution in [0.5, 0.6) is 0 Å². The SMILES string of the molecule is Clc1ccc(C2Cc3nnnn3-c3ccccc3S2)cc1. The summed E-state index contributed by atoms with van der Waals surface area (Å²) < 4.78 is 1.83. The average molecular weight is 315 g/mol. The first kappa shape index (κ1) is 12.9. The topological polar surface area (TPSA) is 43.6 Å². The maximum atomic E-state index is 5.98. The fourth-order valence-corrected chi connectivity index (χ4v) is 3.87. The van der Waals surface area contributed by atoms with E-state index in [-0.39, 0.29) is 5.25 Å². The molecule has 0 spiro atoms. The summed E-state index contributed by atoms with van der Waals surface area (Å²) in [6.45, 7) is 0. The average Bonchev–Trinajstić information content (AvgIpc) is 2.90. The van der Waals surface area contributed by atoms with Crippen LogP contribution in [0, 0.1) is 0 Å². The van der Waals surface area contributed by atoms with Gasteiger partial charge in [-0.2, -0.15) is 4.68 Å². The quantitative estimate of drug-likeness (QED) is 0.687. The monoisotopic (exact) mass is 314 g/mol. The Hall–Kier alpha value is -1.85. The number of hydrogen-bond donors (Lipinski definition) is 0. The molecule has 0 saturated heterocycles. The molecule has 0 aliphatic carbocycles. The standard InChI is InChI=1S/C15H11ClN4S/c16-11-7-5-10(6-8-11)14-9-15-17-18-19-20(15)12-3-1-2-4-13(12)21-14/h1-8,14H,9H2. The molecular weight excluding hydrogens is 304 g/mol. The Morgan fingerprint density at radius 2 is 1.90 bits per heavy atom. The van der Waals surface area contributed by atoms with E-state index < -0.39 is 0 Å². The number of para-hydroxylation sites is 1. The summed E-state index contributed by atoms with van der Waals surface area (Å²) >= 11 is 7.81. The molecular formula is C15H11ClN4S. The van der Waals surface area contributed by atoms with Crippen molar-refractivity contribution < 1.29 is 0 Å². The van der Waals surface area contributed by atoms with Crippen LogP contribution in [0.2, 0.25) is 5.02 Å². The van der Waals surface area contributed by atoms with Crippen molar-refractivity contribution in [3.8, 4) is 5.69 Å². The Kier molecular flexibility index (Phi) is 3.16. The minimum atomic E-state index is 0.274. The molecule has 0 fully saturated rings. The van der Waals surface area contributed by atoms with Crippen LogP contribution in [-0.2, 0) is 6.42 Å². The summed E-state index contributed by atoms with van der Waals surface area (Å²) in [4.78, 5) is 1.18. The van der Waals surface area contributed by atoms with Gasteiger partial charge in [0.2, 0.25) is 0 Å². The Balaban J connectivity index is 1.82. The first-order valence-corrected chi connectivity index (χ1v) is 7.86. The highest BCUT2D eigenvalue weighted by Crippen LogP contribution is 2.42. The summed E-state index contributed by atoms with van der Waals surface area (Å²) in [6, 6.07) is 16.2. The van der Waals surface area contributed by atoms with Crippen LogP contribution >= 0.6 is 23.4 Å². The van der Waals surface area contributed by atoms with E-state index in [0.29, 0.717) is 0 Å². The molecule has 104 valence electrons. The normalized spacial score (nSPS) is 16.9. The number of aromatic nitrogens is 4. The number of nitrogens with zero attached hydrogens (tertiary/aromatic N) is 4. The van der Waals surface area contributed by atoms with Crippen LogP contribution in [0.3, 0.4) is 0 Å². The van der Waals surface area contributed by atoms with Gasteiger partial charge in [-0.3, -0.25) is 0 Å². The van der Waals surface area contributed by atoms with Gasteiger partial charge in [-0.1, -0.05) is 35.9 Å². The summed E-state index contributed by atoms with van der Waals surface area (Å²) in [5.41, 5.74) is 2.27. The Morgan fingerprint density at radius 3 is 2.76 bits per heavy atom. The van der Waals surface area contributed by atoms with E-state index >= 15 is 0 Å². The number of benzene rings is 2. The molecule has 1 atom stereocenters. The molecule has 4 rings (SSSR count). The predicted molar refractivity (Wildman–Crippen MR) is 82.9 cm³/mol. The second kappa shape index (κ2) is 5.16. The fraction of sp³-hybridized carbons (Fsp3) is 0.133. The van der Waals surface area contributed by atoms with Gasteiger partial charge in [0.1, 0.15) is 0 Å². The summed E-state index contributed by atoms with van der Waals surface area (Å²) in [5, 5.41) is 13.1. The Labute approximate surface area is 131 Å². The van der Waals surface area contributed by atoms with Gasteiger partial charge >= 0.3 is 0 Å². The van der Waals surface area contributed by atoms with E-state index in [1.807, 2.05) is 46.8 Å². The highest BCUT2D eigenvalue weighted by atomic mass is 35.5. The third-order valence-electron chi connectivity index (χ3n) is 3.51. The number of thioether (sulfide) groups is 1. The number of halogens is 1. The van der Waals surface area contributed by atoms with Gasteiger partial charge in [-0.05, 0) is 40.3 Å². The van der Waals surface area contributed by atoms with E-state index in [0.717, 1.165) is 23.0 Å². The van der Waals surface area contributed by atoms with Crippen molar-refractivity contribution in [2.45, 2.75) is 16.6 Å². The number of rotatable bonds is 1. The smallest absolute Gasteiger partial charge is 0.158 e. The van der Waals surface area contributed by atoms with Crippen molar-refractivity contribution in [2.24, 2.45) is 0 Å². The van der Waals surface area contributed by atoms with Gasteiger partial charge in [0, 0.05) is 21.6 Å². The zero-order valence-electron chi connectivity index (χ0n) is 11.0. The van der Waals surface area contributed by atoms with Crippen LogP contribution in [0.25, 0.3) is 5.69 Å². The van der Waals surface area contributed by atoms with Crippen LogP contribution < -0.4 is 0 Å². The van der Waals surface area contributed by atoms with Crippen molar-refractivity contribution >= 4 is 23.4 Å². The lowest BCUT2D eigenvalue weighted by Gasteiger charge is -2.14. The lowest BCUT2D eigenvalue weighted by atomic mass is 10.1. The van der Waals surface area contributed by atoms with E-state index in [1.165, 1.54) is 10.5 Å². The van der Waals surface area contributed by atoms with Crippen LogP contribution in [0.15, 0.2) is 53.4 Å². The van der Waals surface area contributed by atoms with E-state index in [9.17, 15) is 0 Å². The number of tetrazole rings is 1. The van der Waals surface area contributed by atoms with Crippen LogP contribution in [-0.4, -0.2) is 20.2 Å². The molecule has 0 N–H and O–H groups in total. The first-order valence-electron chi connectivity index (χ1n) is 6.60. The summed E-state index contributed by atoms with van der Waals surface area (Å²) in [7, 11) is 0. The third kappa shape index (κ3) is 2.32. The van der Waals surface area contributed by atoms with Gasteiger partial charge in [-0.25, -0.2) is 0 Å². The first-order chi connectivity index (χ1) is 10.3. The zero-order chi connectivity index (χ0) is 14.2. The Morgan fingerprint density at radius 1 is 1.10 bits per heavy atom. The van der Waals surface area contributed by atoms with E-state index in [2.05, 4.69) is 33.7 Å². The molecule has 0 saturated carbocycles. The molecule has 6 heteroatoms. The molecule has 0 radical (unpaired) electrons. The second-order valence-corrected chi connectivity index (χ2v) is 6.52. The van der Waals surface area contributed by atoms with Gasteiger partial charge < -0.3 is 0 Å². The minimum Gasteiger partial charge on any atom is -0.196 e. The van der Waals surface area contributed by atoms with Crippen molar-refractivity contribution in [3.63, 3.8) is 0 Å². The molecule has 1 aliphatic rings. The van der Waals surface area contributed by atoms with Crippen LogP contribution in [0.4, 0.5) is 0 Å². The molecule has 1 aliphatic heterocycles. The van der Waals surface area contributed by atoms with E-state index in [1.54, 1.807) is 0 Å². The highest BCUT2D eigenvalue weighted by Gasteiger charge is 2.24. The predicted octanol–water partition coefficient (Wildman–Crippen LogP) is 3.71. The van der Waals surface area contributed by atoms with Gasteiger partial charge in [0.15, 0.2) is 5.82 Å². The molecule has 1 unspecified atom stereocenters. The van der Waals surface area contributed by atoms with Crippen LogP contribution in [0.1, 0.15) is 16.6 Å². The van der Waals surface area contributed by atoms with Crippen molar-refractivity contribution in [2.75, 3.05) is 0 Å². The molecule has 0 amide bonds. The molecule has 0 bridgehead atoms. The Bertz CT molecular complexity index is 784. The summed E-state index contributed by atoms with van der Waals surface area (Å²) in [6.07, 6.45) is 0.786. The zero-order valence-corrected chi connectivity index (χ0v) is 12.6. The number of hydrogen-bond acceptors (Lipinski definition) is 4. The maximum absolute atomic E-state index is 5.98. The highest BCUT2D eigenvalue weighted by molar-refractivity contribution is 7.99. The van der Waals surface area contributed by atoms with Gasteiger partial charge in [0.05, 0.1) is 5.69 Å². The minimum absolute atomic E-state index is 0.274. The van der Waals surface area contributed by atoms with Crippen molar-refractivity contribution in [1.29, 1.82) is 0 Å². The molecule has 2 aromatic carbocycles. The molecule has 4 nitrogen and oxygen atoms in total.